The molecule has 18 heavy (non-hydrogen) atoms. The van der Waals surface area contributed by atoms with Crippen LogP contribution < -0.4 is 9.47 Å². The van der Waals surface area contributed by atoms with Crippen LogP contribution in [0.1, 0.15) is 23.2 Å². The highest BCUT2D eigenvalue weighted by molar-refractivity contribution is 5.93. The number of carbonyl (C=O) groups is 1. The van der Waals surface area contributed by atoms with Gasteiger partial charge in [0.15, 0.2) is 11.5 Å². The van der Waals surface area contributed by atoms with Crippen LogP contribution in [0.15, 0.2) is 30.9 Å². The molecule has 0 fully saturated rings. The van der Waals surface area contributed by atoms with Crippen molar-refractivity contribution in [1.82, 2.24) is 0 Å². The van der Waals surface area contributed by atoms with Crippen molar-refractivity contribution in [3.63, 3.8) is 0 Å². The number of benzene rings is 1. The molecule has 0 aliphatic rings. The van der Waals surface area contributed by atoms with Crippen LogP contribution in [0.25, 0.3) is 0 Å². The van der Waals surface area contributed by atoms with Gasteiger partial charge in [-0.2, -0.15) is 0 Å². The lowest BCUT2D eigenvalue weighted by Gasteiger charge is -2.13. The molecule has 0 saturated carbocycles. The first-order valence-electron chi connectivity index (χ1n) is 5.73. The zero-order valence-electron chi connectivity index (χ0n) is 10.8. The number of rotatable bonds is 7. The van der Waals surface area contributed by atoms with Gasteiger partial charge in [-0.05, 0) is 25.0 Å². The minimum Gasteiger partial charge on any atom is -0.493 e. The zero-order valence-corrected chi connectivity index (χ0v) is 10.8. The second-order valence-electron chi connectivity index (χ2n) is 3.61. The zero-order chi connectivity index (χ0) is 13.4. The van der Waals surface area contributed by atoms with Gasteiger partial charge in [0.05, 0.1) is 20.8 Å². The maximum atomic E-state index is 11.6. The normalized spacial score (nSPS) is 9.67. The summed E-state index contributed by atoms with van der Waals surface area (Å²) in [6.07, 6.45) is 3.53. The molecule has 1 rings (SSSR count). The number of allylic oxidation sites excluding steroid dienone is 1. The van der Waals surface area contributed by atoms with Crippen LogP contribution in [0.5, 0.6) is 11.5 Å². The first-order chi connectivity index (χ1) is 8.74. The standard InChI is InChI=1S/C14H18O4/c1-4-5-6-10-18-13-11(14(15)17-3)8-7-9-12(13)16-2/h4,7-9H,1,5-6,10H2,2-3H3. The molecule has 0 amide bonds. The lowest BCUT2D eigenvalue weighted by Crippen LogP contribution is -2.08. The Morgan fingerprint density at radius 2 is 2.17 bits per heavy atom. The quantitative estimate of drug-likeness (QED) is 0.424. The Kier molecular flexibility index (Phi) is 5.77. The minimum atomic E-state index is -0.437. The number of hydrogen-bond acceptors (Lipinski definition) is 4. The molecule has 0 heterocycles. The predicted molar refractivity (Wildman–Crippen MR) is 69.3 cm³/mol. The molecule has 0 spiro atoms. The Morgan fingerprint density at radius 3 is 2.78 bits per heavy atom. The Bertz CT molecular complexity index is 412. The van der Waals surface area contributed by atoms with Gasteiger partial charge in [-0.15, -0.1) is 6.58 Å². The molecule has 0 aliphatic heterocycles. The fraction of sp³-hybridized carbons (Fsp3) is 0.357. The summed E-state index contributed by atoms with van der Waals surface area (Å²) < 4.78 is 15.5. The summed E-state index contributed by atoms with van der Waals surface area (Å²) in [7, 11) is 2.87. The summed E-state index contributed by atoms with van der Waals surface area (Å²) in [6.45, 7) is 4.14. The van der Waals surface area contributed by atoms with Gasteiger partial charge in [0.1, 0.15) is 5.56 Å². The minimum absolute atomic E-state index is 0.371. The van der Waals surface area contributed by atoms with E-state index < -0.39 is 5.97 Å². The summed E-state index contributed by atoms with van der Waals surface area (Å²) in [5.41, 5.74) is 0.371. The molecule has 4 nitrogen and oxygen atoms in total. The van der Waals surface area contributed by atoms with E-state index in [2.05, 4.69) is 6.58 Å². The fourth-order valence-electron chi connectivity index (χ4n) is 1.50. The van der Waals surface area contributed by atoms with Crippen LogP contribution in [-0.2, 0) is 4.74 Å². The monoisotopic (exact) mass is 250 g/mol. The molecule has 0 radical (unpaired) electrons. The Labute approximate surface area is 107 Å². The smallest absolute Gasteiger partial charge is 0.341 e. The highest BCUT2D eigenvalue weighted by Crippen LogP contribution is 2.31. The number of para-hydroxylation sites is 1. The molecular weight excluding hydrogens is 232 g/mol. The summed E-state index contributed by atoms with van der Waals surface area (Å²) in [4.78, 5) is 11.6. The molecule has 1 aromatic rings. The number of carbonyl (C=O) groups excluding carboxylic acids is 1. The Morgan fingerprint density at radius 1 is 1.39 bits per heavy atom. The molecule has 0 atom stereocenters. The average Bonchev–Trinajstić information content (AvgIpc) is 2.42. The SMILES string of the molecule is C=CCCCOc1c(OC)cccc1C(=O)OC. The van der Waals surface area contributed by atoms with E-state index in [0.717, 1.165) is 12.8 Å². The van der Waals surface area contributed by atoms with Gasteiger partial charge in [0.2, 0.25) is 0 Å². The third-order valence-corrected chi connectivity index (χ3v) is 2.40. The van der Waals surface area contributed by atoms with E-state index in [1.54, 1.807) is 18.2 Å². The van der Waals surface area contributed by atoms with Crippen LogP contribution in [0, 0.1) is 0 Å². The van der Waals surface area contributed by atoms with Crippen molar-refractivity contribution in [2.45, 2.75) is 12.8 Å². The molecular formula is C14H18O4. The van der Waals surface area contributed by atoms with Gasteiger partial charge in [0.25, 0.3) is 0 Å². The molecule has 0 bridgehead atoms. The van der Waals surface area contributed by atoms with Gasteiger partial charge in [-0.25, -0.2) is 4.79 Å². The first-order valence-corrected chi connectivity index (χ1v) is 5.73. The highest BCUT2D eigenvalue weighted by atomic mass is 16.5. The molecule has 0 N–H and O–H groups in total. The number of methoxy groups -OCH3 is 2. The molecule has 1 aromatic carbocycles. The number of hydrogen-bond donors (Lipinski definition) is 0. The topological polar surface area (TPSA) is 44.8 Å². The summed E-state index contributed by atoms with van der Waals surface area (Å²) >= 11 is 0. The van der Waals surface area contributed by atoms with Crippen LogP contribution >= 0.6 is 0 Å². The van der Waals surface area contributed by atoms with Gasteiger partial charge < -0.3 is 14.2 Å². The fourth-order valence-corrected chi connectivity index (χ4v) is 1.50. The third-order valence-electron chi connectivity index (χ3n) is 2.40. The van der Waals surface area contributed by atoms with Crippen molar-refractivity contribution in [1.29, 1.82) is 0 Å². The van der Waals surface area contributed by atoms with Crippen molar-refractivity contribution in [2.24, 2.45) is 0 Å². The Hall–Kier alpha value is -1.97. The van der Waals surface area contributed by atoms with Crippen LogP contribution in [0.2, 0.25) is 0 Å². The van der Waals surface area contributed by atoms with Crippen molar-refractivity contribution in [2.75, 3.05) is 20.8 Å². The number of ether oxygens (including phenoxy) is 3. The third kappa shape index (κ3) is 3.52. The second kappa shape index (κ2) is 7.37. The molecule has 0 unspecified atom stereocenters. The van der Waals surface area contributed by atoms with Crippen molar-refractivity contribution < 1.29 is 19.0 Å². The summed E-state index contributed by atoms with van der Waals surface area (Å²) in [5.74, 6) is 0.514. The van der Waals surface area contributed by atoms with E-state index in [9.17, 15) is 4.79 Å². The van der Waals surface area contributed by atoms with Gasteiger partial charge >= 0.3 is 5.97 Å². The van der Waals surface area contributed by atoms with Gasteiger partial charge in [0, 0.05) is 0 Å². The molecule has 4 heteroatoms. The first kappa shape index (κ1) is 14.1. The highest BCUT2D eigenvalue weighted by Gasteiger charge is 2.17. The second-order valence-corrected chi connectivity index (χ2v) is 3.61. The molecule has 0 saturated heterocycles. The van der Waals surface area contributed by atoms with E-state index in [1.165, 1.54) is 14.2 Å². The van der Waals surface area contributed by atoms with Crippen molar-refractivity contribution in [3.8, 4) is 11.5 Å². The van der Waals surface area contributed by atoms with E-state index in [0.29, 0.717) is 23.7 Å². The number of unbranched alkanes of at least 4 members (excludes halogenated alkanes) is 1. The lowest BCUT2D eigenvalue weighted by molar-refractivity contribution is 0.0595. The van der Waals surface area contributed by atoms with Gasteiger partial charge in [-0.1, -0.05) is 12.1 Å². The van der Waals surface area contributed by atoms with E-state index in [4.69, 9.17) is 14.2 Å². The largest absolute Gasteiger partial charge is 0.493 e. The lowest BCUT2D eigenvalue weighted by atomic mass is 10.2. The van der Waals surface area contributed by atoms with E-state index in [-0.39, 0.29) is 0 Å². The molecule has 0 aliphatic carbocycles. The van der Waals surface area contributed by atoms with Crippen LogP contribution in [0.4, 0.5) is 0 Å². The van der Waals surface area contributed by atoms with Crippen LogP contribution in [0.3, 0.4) is 0 Å². The number of esters is 1. The summed E-state index contributed by atoms with van der Waals surface area (Å²) in [5, 5.41) is 0. The van der Waals surface area contributed by atoms with E-state index >= 15 is 0 Å². The van der Waals surface area contributed by atoms with E-state index in [1.807, 2.05) is 6.08 Å². The van der Waals surface area contributed by atoms with Crippen LogP contribution in [-0.4, -0.2) is 26.8 Å². The predicted octanol–water partition coefficient (Wildman–Crippen LogP) is 2.83. The van der Waals surface area contributed by atoms with Crippen molar-refractivity contribution >= 4 is 5.97 Å². The Balaban J connectivity index is 2.89. The van der Waals surface area contributed by atoms with Crippen molar-refractivity contribution in [3.05, 3.63) is 36.4 Å². The maximum absolute atomic E-state index is 11.6. The summed E-state index contributed by atoms with van der Waals surface area (Å²) in [6, 6.07) is 5.12. The molecule has 98 valence electrons. The maximum Gasteiger partial charge on any atom is 0.341 e. The average molecular weight is 250 g/mol. The molecule has 0 aromatic heterocycles. The van der Waals surface area contributed by atoms with Gasteiger partial charge in [-0.3, -0.25) is 0 Å².